The minimum absolute atomic E-state index is 0.208. The second-order valence-corrected chi connectivity index (χ2v) is 5.98. The Bertz CT molecular complexity index is 607. The van der Waals surface area contributed by atoms with Gasteiger partial charge in [-0.15, -0.1) is 0 Å². The highest BCUT2D eigenvalue weighted by atomic mass is 16.3. The molecule has 0 amide bonds. The molecule has 2 aromatic rings. The first-order valence-electron chi connectivity index (χ1n) is 6.89. The molecule has 1 N–H and O–H groups in total. The molecule has 1 saturated heterocycles. The zero-order chi connectivity index (χ0) is 13.5. The van der Waals surface area contributed by atoms with Crippen LogP contribution in [0.5, 0.6) is 5.75 Å². The predicted octanol–water partition coefficient (Wildman–Crippen LogP) is 3.31. The van der Waals surface area contributed by atoms with E-state index in [4.69, 9.17) is 0 Å². The van der Waals surface area contributed by atoms with E-state index in [0.717, 1.165) is 29.7 Å². The number of pyridine rings is 1. The fourth-order valence-corrected chi connectivity index (χ4v) is 2.90. The molecule has 100 valence electrons. The molecule has 1 aromatic carbocycles. The Hall–Kier alpha value is -1.61. The fourth-order valence-electron chi connectivity index (χ4n) is 2.90. The van der Waals surface area contributed by atoms with Crippen LogP contribution < -0.4 is 0 Å². The maximum Gasteiger partial charge on any atom is 0.139 e. The number of fused-ring (bicyclic) bond motifs is 1. The molecule has 0 bridgehead atoms. The van der Waals surface area contributed by atoms with Crippen LogP contribution in [0.2, 0.25) is 0 Å². The van der Waals surface area contributed by atoms with Crippen molar-refractivity contribution in [3.05, 3.63) is 36.0 Å². The molecule has 0 spiro atoms. The molecule has 1 aliphatic rings. The average Bonchev–Trinajstić information content (AvgIpc) is 2.70. The summed E-state index contributed by atoms with van der Waals surface area (Å²) in [6.07, 6.45) is 2.43. The number of hydrogen-bond donors (Lipinski definition) is 1. The zero-order valence-corrected chi connectivity index (χ0v) is 11.6. The van der Waals surface area contributed by atoms with Crippen LogP contribution in [0, 0.1) is 0 Å². The summed E-state index contributed by atoms with van der Waals surface area (Å²) >= 11 is 0. The van der Waals surface area contributed by atoms with E-state index in [1.54, 1.807) is 0 Å². The third-order valence-corrected chi connectivity index (χ3v) is 4.19. The van der Waals surface area contributed by atoms with Gasteiger partial charge in [0.2, 0.25) is 0 Å². The summed E-state index contributed by atoms with van der Waals surface area (Å²) in [5.74, 6) is 0.307. The summed E-state index contributed by atoms with van der Waals surface area (Å²) in [6, 6.07) is 9.74. The molecule has 3 nitrogen and oxygen atoms in total. The maximum absolute atomic E-state index is 10.1. The fraction of sp³-hybridized carbons (Fsp3) is 0.438. The standard InChI is InChI=1S/C16H20N2O/c1-16(2)8-5-9-18(16)11-14-15(19)10-12-6-3-4-7-13(12)17-14/h3-4,6-7,10,19H,5,8-9,11H2,1-2H3. The Morgan fingerprint density at radius 3 is 2.84 bits per heavy atom. The molecule has 0 aliphatic carbocycles. The monoisotopic (exact) mass is 256 g/mol. The van der Waals surface area contributed by atoms with Gasteiger partial charge in [0, 0.05) is 17.5 Å². The van der Waals surface area contributed by atoms with Crippen molar-refractivity contribution < 1.29 is 5.11 Å². The number of rotatable bonds is 2. The Morgan fingerprint density at radius 1 is 1.32 bits per heavy atom. The minimum Gasteiger partial charge on any atom is -0.506 e. The van der Waals surface area contributed by atoms with Crippen LogP contribution in [-0.2, 0) is 6.54 Å². The van der Waals surface area contributed by atoms with Gasteiger partial charge in [-0.3, -0.25) is 4.90 Å². The molecule has 0 saturated carbocycles. The first-order chi connectivity index (χ1) is 9.06. The van der Waals surface area contributed by atoms with E-state index in [0.29, 0.717) is 5.75 Å². The number of nitrogens with zero attached hydrogens (tertiary/aromatic N) is 2. The van der Waals surface area contributed by atoms with Crippen LogP contribution >= 0.6 is 0 Å². The highest BCUT2D eigenvalue weighted by Crippen LogP contribution is 2.31. The first kappa shape index (κ1) is 12.4. The molecule has 1 aliphatic heterocycles. The molecule has 3 rings (SSSR count). The molecule has 0 unspecified atom stereocenters. The number of aromatic nitrogens is 1. The lowest BCUT2D eigenvalue weighted by Crippen LogP contribution is -2.37. The van der Waals surface area contributed by atoms with Gasteiger partial charge in [-0.25, -0.2) is 4.98 Å². The topological polar surface area (TPSA) is 36.4 Å². The van der Waals surface area contributed by atoms with Gasteiger partial charge in [0.05, 0.1) is 11.2 Å². The van der Waals surface area contributed by atoms with Crippen LogP contribution in [0.25, 0.3) is 10.9 Å². The van der Waals surface area contributed by atoms with Gasteiger partial charge in [0.25, 0.3) is 0 Å². The molecular formula is C16H20N2O. The number of benzene rings is 1. The van der Waals surface area contributed by atoms with Crippen molar-refractivity contribution in [2.24, 2.45) is 0 Å². The van der Waals surface area contributed by atoms with E-state index >= 15 is 0 Å². The second kappa shape index (κ2) is 4.49. The Balaban J connectivity index is 1.94. The van der Waals surface area contributed by atoms with E-state index in [2.05, 4.69) is 23.7 Å². The quantitative estimate of drug-likeness (QED) is 0.895. The van der Waals surface area contributed by atoms with Crippen molar-refractivity contribution in [1.29, 1.82) is 0 Å². The number of para-hydroxylation sites is 1. The Kier molecular flexibility index (Phi) is 2.94. The number of aromatic hydroxyl groups is 1. The van der Waals surface area contributed by atoms with E-state index in [9.17, 15) is 5.11 Å². The highest BCUT2D eigenvalue weighted by molar-refractivity contribution is 5.80. The van der Waals surface area contributed by atoms with Crippen LogP contribution in [0.15, 0.2) is 30.3 Å². The van der Waals surface area contributed by atoms with Crippen molar-refractivity contribution in [1.82, 2.24) is 9.88 Å². The van der Waals surface area contributed by atoms with Gasteiger partial charge in [-0.2, -0.15) is 0 Å². The Labute approximate surface area is 113 Å². The lowest BCUT2D eigenvalue weighted by Gasteiger charge is -2.31. The lowest BCUT2D eigenvalue weighted by atomic mass is 10.0. The van der Waals surface area contributed by atoms with Gasteiger partial charge >= 0.3 is 0 Å². The van der Waals surface area contributed by atoms with Gasteiger partial charge in [0.1, 0.15) is 5.75 Å². The van der Waals surface area contributed by atoms with Crippen LogP contribution in [0.4, 0.5) is 0 Å². The van der Waals surface area contributed by atoms with E-state index in [-0.39, 0.29) is 5.54 Å². The molecule has 2 heterocycles. The zero-order valence-electron chi connectivity index (χ0n) is 11.6. The van der Waals surface area contributed by atoms with Crippen LogP contribution in [0.1, 0.15) is 32.4 Å². The average molecular weight is 256 g/mol. The van der Waals surface area contributed by atoms with E-state index in [1.165, 1.54) is 12.8 Å². The normalized spacial score (nSPS) is 19.1. The summed E-state index contributed by atoms with van der Waals surface area (Å²) < 4.78 is 0. The third-order valence-electron chi connectivity index (χ3n) is 4.19. The molecule has 0 radical (unpaired) electrons. The third kappa shape index (κ3) is 2.30. The molecule has 0 atom stereocenters. The van der Waals surface area contributed by atoms with E-state index < -0.39 is 0 Å². The molecular weight excluding hydrogens is 236 g/mol. The Morgan fingerprint density at radius 2 is 2.11 bits per heavy atom. The minimum atomic E-state index is 0.208. The van der Waals surface area contributed by atoms with Crippen molar-refractivity contribution in [3.63, 3.8) is 0 Å². The predicted molar refractivity (Wildman–Crippen MR) is 77.1 cm³/mol. The van der Waals surface area contributed by atoms with Gasteiger partial charge < -0.3 is 5.11 Å². The molecule has 1 aromatic heterocycles. The summed E-state index contributed by atoms with van der Waals surface area (Å²) in [4.78, 5) is 7.02. The van der Waals surface area contributed by atoms with Crippen LogP contribution in [0.3, 0.4) is 0 Å². The summed E-state index contributed by atoms with van der Waals surface area (Å²) in [7, 11) is 0. The number of likely N-dealkylation sites (tertiary alicyclic amines) is 1. The summed E-state index contributed by atoms with van der Waals surface area (Å²) in [5.41, 5.74) is 1.95. The molecule has 19 heavy (non-hydrogen) atoms. The molecule has 3 heteroatoms. The van der Waals surface area contributed by atoms with Gasteiger partial charge in [-0.1, -0.05) is 18.2 Å². The molecule has 1 fully saturated rings. The largest absolute Gasteiger partial charge is 0.506 e. The summed E-state index contributed by atoms with van der Waals surface area (Å²) in [5, 5.41) is 11.1. The second-order valence-electron chi connectivity index (χ2n) is 5.98. The van der Waals surface area contributed by atoms with Gasteiger partial charge in [0.15, 0.2) is 0 Å². The first-order valence-corrected chi connectivity index (χ1v) is 6.89. The smallest absolute Gasteiger partial charge is 0.139 e. The lowest BCUT2D eigenvalue weighted by molar-refractivity contribution is 0.163. The number of hydrogen-bond acceptors (Lipinski definition) is 3. The highest BCUT2D eigenvalue weighted by Gasteiger charge is 2.32. The van der Waals surface area contributed by atoms with Crippen molar-refractivity contribution >= 4 is 10.9 Å². The van der Waals surface area contributed by atoms with Crippen molar-refractivity contribution in [2.75, 3.05) is 6.54 Å². The van der Waals surface area contributed by atoms with Gasteiger partial charge in [-0.05, 0) is 45.4 Å². The SMILES string of the molecule is CC1(C)CCCN1Cc1nc2ccccc2cc1O. The summed E-state index contributed by atoms with van der Waals surface area (Å²) in [6.45, 7) is 6.33. The maximum atomic E-state index is 10.1. The van der Waals surface area contributed by atoms with Crippen LogP contribution in [-0.4, -0.2) is 27.1 Å². The van der Waals surface area contributed by atoms with Crippen molar-refractivity contribution in [2.45, 2.75) is 38.8 Å². The van der Waals surface area contributed by atoms with Crippen molar-refractivity contribution in [3.8, 4) is 5.75 Å². The van der Waals surface area contributed by atoms with E-state index in [1.807, 2.05) is 30.3 Å².